The van der Waals surface area contributed by atoms with Crippen molar-refractivity contribution in [2.45, 2.75) is 19.9 Å². The first-order valence-corrected chi connectivity index (χ1v) is 4.67. The number of ether oxygens (including phenoxy) is 1. The molecule has 5 nitrogen and oxygen atoms in total. The Balaban J connectivity index is 2.77. The molecule has 5 heteroatoms. The summed E-state index contributed by atoms with van der Waals surface area (Å²) in [5.41, 5.74) is 1.14. The van der Waals surface area contributed by atoms with Crippen molar-refractivity contribution in [1.82, 2.24) is 9.97 Å². The van der Waals surface area contributed by atoms with Gasteiger partial charge in [-0.05, 0) is 19.9 Å². The van der Waals surface area contributed by atoms with Crippen molar-refractivity contribution in [3.63, 3.8) is 0 Å². The van der Waals surface area contributed by atoms with E-state index in [0.717, 1.165) is 5.69 Å². The zero-order valence-corrected chi connectivity index (χ0v) is 9.11. The molecule has 0 fully saturated rings. The van der Waals surface area contributed by atoms with Crippen LogP contribution in [0.15, 0.2) is 6.07 Å². The van der Waals surface area contributed by atoms with Crippen molar-refractivity contribution >= 4 is 5.95 Å². The smallest absolute Gasteiger partial charge is 0.224 e. The lowest BCUT2D eigenvalue weighted by Gasteiger charge is -2.12. The molecule has 0 aliphatic heterocycles. The molecule has 1 rings (SSSR count). The van der Waals surface area contributed by atoms with E-state index in [4.69, 9.17) is 10.00 Å². The van der Waals surface area contributed by atoms with Gasteiger partial charge in [-0.25, -0.2) is 9.97 Å². The molecule has 0 amide bonds. The van der Waals surface area contributed by atoms with Gasteiger partial charge < -0.3 is 10.1 Å². The molecule has 1 heterocycles. The Morgan fingerprint density at radius 1 is 1.60 bits per heavy atom. The van der Waals surface area contributed by atoms with Gasteiger partial charge in [0.2, 0.25) is 5.95 Å². The van der Waals surface area contributed by atoms with Gasteiger partial charge >= 0.3 is 0 Å². The second-order valence-corrected chi connectivity index (χ2v) is 3.33. The lowest BCUT2D eigenvalue weighted by Crippen LogP contribution is -2.22. The molecule has 1 atom stereocenters. The fourth-order valence-electron chi connectivity index (χ4n) is 1.20. The van der Waals surface area contributed by atoms with E-state index >= 15 is 0 Å². The number of nitrogens with one attached hydrogen (secondary N) is 1. The highest BCUT2D eigenvalue weighted by Crippen LogP contribution is 2.05. The monoisotopic (exact) mass is 206 g/mol. The molecular formula is C10H14N4O. The maximum atomic E-state index is 8.73. The Bertz CT molecular complexity index is 372. The number of hydrogen-bond acceptors (Lipinski definition) is 5. The second-order valence-electron chi connectivity index (χ2n) is 3.33. The van der Waals surface area contributed by atoms with Gasteiger partial charge in [-0.3, -0.25) is 0 Å². The summed E-state index contributed by atoms with van der Waals surface area (Å²) < 4.78 is 4.98. The summed E-state index contributed by atoms with van der Waals surface area (Å²) in [4.78, 5) is 8.21. The van der Waals surface area contributed by atoms with E-state index < -0.39 is 0 Å². The highest BCUT2D eigenvalue weighted by atomic mass is 16.5. The average molecular weight is 206 g/mol. The molecule has 0 spiro atoms. The van der Waals surface area contributed by atoms with Gasteiger partial charge in [0.1, 0.15) is 11.8 Å². The molecule has 1 aromatic heterocycles. The minimum atomic E-state index is 0.114. The van der Waals surface area contributed by atoms with Gasteiger partial charge in [0.25, 0.3) is 0 Å². The zero-order chi connectivity index (χ0) is 11.3. The van der Waals surface area contributed by atoms with Crippen molar-refractivity contribution in [2.75, 3.05) is 19.0 Å². The molecule has 1 N–H and O–H groups in total. The predicted octanol–water partition coefficient (Wildman–Crippen LogP) is 1.10. The molecule has 0 saturated heterocycles. The molecule has 0 radical (unpaired) electrons. The van der Waals surface area contributed by atoms with E-state index in [1.54, 1.807) is 13.2 Å². The molecule has 15 heavy (non-hydrogen) atoms. The number of nitrogens with zero attached hydrogens (tertiary/aromatic N) is 3. The van der Waals surface area contributed by atoms with Gasteiger partial charge in [-0.2, -0.15) is 5.26 Å². The second kappa shape index (κ2) is 5.27. The van der Waals surface area contributed by atoms with Crippen LogP contribution in [0, 0.1) is 18.3 Å². The summed E-state index contributed by atoms with van der Waals surface area (Å²) in [5.74, 6) is 0.469. The van der Waals surface area contributed by atoms with Gasteiger partial charge in [-0.1, -0.05) is 0 Å². The summed E-state index contributed by atoms with van der Waals surface area (Å²) in [7, 11) is 1.63. The van der Waals surface area contributed by atoms with E-state index in [-0.39, 0.29) is 6.04 Å². The van der Waals surface area contributed by atoms with E-state index in [9.17, 15) is 0 Å². The molecule has 0 aliphatic carbocycles. The van der Waals surface area contributed by atoms with Crippen LogP contribution in [0.25, 0.3) is 0 Å². The van der Waals surface area contributed by atoms with E-state index in [2.05, 4.69) is 15.3 Å². The topological polar surface area (TPSA) is 70.8 Å². The highest BCUT2D eigenvalue weighted by Gasteiger charge is 2.05. The summed E-state index contributed by atoms with van der Waals surface area (Å²) >= 11 is 0. The molecule has 1 aromatic rings. The Kier molecular flexibility index (Phi) is 4.01. The predicted molar refractivity (Wildman–Crippen MR) is 56.4 cm³/mol. The third-order valence-corrected chi connectivity index (χ3v) is 1.76. The number of hydrogen-bond donors (Lipinski definition) is 1. The molecule has 80 valence electrons. The summed E-state index contributed by atoms with van der Waals surface area (Å²) in [6.45, 7) is 4.36. The first kappa shape index (κ1) is 11.4. The van der Waals surface area contributed by atoms with Crippen LogP contribution in [0.2, 0.25) is 0 Å². The Labute approximate surface area is 89.1 Å². The SMILES string of the molecule is COCC(C)Nc1nc(C)cc(C#N)n1. The maximum Gasteiger partial charge on any atom is 0.224 e. The van der Waals surface area contributed by atoms with Crippen LogP contribution in [0.3, 0.4) is 0 Å². The number of methoxy groups -OCH3 is 1. The molecule has 0 aliphatic rings. The van der Waals surface area contributed by atoms with Crippen molar-refractivity contribution in [1.29, 1.82) is 5.26 Å². The zero-order valence-electron chi connectivity index (χ0n) is 9.11. The minimum absolute atomic E-state index is 0.114. The summed E-state index contributed by atoms with van der Waals surface area (Å²) in [6.07, 6.45) is 0. The Morgan fingerprint density at radius 3 is 2.93 bits per heavy atom. The van der Waals surface area contributed by atoms with E-state index in [1.165, 1.54) is 0 Å². The molecule has 0 aromatic carbocycles. The average Bonchev–Trinajstić information content (AvgIpc) is 2.17. The molecule has 1 unspecified atom stereocenters. The quantitative estimate of drug-likeness (QED) is 0.798. The third kappa shape index (κ3) is 3.52. The van der Waals surface area contributed by atoms with Gasteiger partial charge in [0.05, 0.1) is 6.61 Å². The number of aryl methyl sites for hydroxylation is 1. The normalized spacial score (nSPS) is 11.9. The number of anilines is 1. The van der Waals surface area contributed by atoms with Crippen LogP contribution < -0.4 is 5.32 Å². The van der Waals surface area contributed by atoms with Gasteiger partial charge in [-0.15, -0.1) is 0 Å². The molecule has 0 bridgehead atoms. The molecule has 0 saturated carbocycles. The van der Waals surface area contributed by atoms with Gasteiger partial charge in [0, 0.05) is 18.8 Å². The lowest BCUT2D eigenvalue weighted by molar-refractivity contribution is 0.190. The fraction of sp³-hybridized carbons (Fsp3) is 0.500. The first-order chi connectivity index (χ1) is 7.15. The first-order valence-electron chi connectivity index (χ1n) is 4.67. The summed E-state index contributed by atoms with van der Waals surface area (Å²) in [5, 5.41) is 11.8. The number of aromatic nitrogens is 2. The maximum absolute atomic E-state index is 8.73. The van der Waals surface area contributed by atoms with Crippen molar-refractivity contribution < 1.29 is 4.74 Å². The van der Waals surface area contributed by atoms with Gasteiger partial charge in [0.15, 0.2) is 0 Å². The third-order valence-electron chi connectivity index (χ3n) is 1.76. The van der Waals surface area contributed by atoms with E-state index in [1.807, 2.05) is 19.9 Å². The van der Waals surface area contributed by atoms with Crippen LogP contribution in [0.5, 0.6) is 0 Å². The van der Waals surface area contributed by atoms with Crippen molar-refractivity contribution in [3.8, 4) is 6.07 Å². The molecular weight excluding hydrogens is 192 g/mol. The largest absolute Gasteiger partial charge is 0.383 e. The minimum Gasteiger partial charge on any atom is -0.383 e. The Morgan fingerprint density at radius 2 is 2.33 bits per heavy atom. The van der Waals surface area contributed by atoms with Crippen LogP contribution >= 0.6 is 0 Å². The Hall–Kier alpha value is -1.67. The highest BCUT2D eigenvalue weighted by molar-refractivity contribution is 5.33. The number of rotatable bonds is 4. The summed E-state index contributed by atoms with van der Waals surface area (Å²) in [6, 6.07) is 3.75. The standard InChI is InChI=1S/C10H14N4O/c1-7-4-9(5-11)14-10(12-7)13-8(2)6-15-3/h4,8H,6H2,1-3H3,(H,12,13,14). The van der Waals surface area contributed by atoms with Crippen molar-refractivity contribution in [3.05, 3.63) is 17.5 Å². The van der Waals surface area contributed by atoms with E-state index in [0.29, 0.717) is 18.2 Å². The van der Waals surface area contributed by atoms with Crippen LogP contribution in [0.4, 0.5) is 5.95 Å². The van der Waals surface area contributed by atoms with Crippen LogP contribution in [-0.4, -0.2) is 29.7 Å². The number of nitriles is 1. The van der Waals surface area contributed by atoms with Crippen molar-refractivity contribution in [2.24, 2.45) is 0 Å². The van der Waals surface area contributed by atoms with Crippen LogP contribution in [-0.2, 0) is 4.74 Å². The van der Waals surface area contributed by atoms with Crippen LogP contribution in [0.1, 0.15) is 18.3 Å². The lowest BCUT2D eigenvalue weighted by atomic mass is 10.3. The fourth-order valence-corrected chi connectivity index (χ4v) is 1.20.